The quantitative estimate of drug-likeness (QED) is 0.773. The zero-order chi connectivity index (χ0) is 11.4. The van der Waals surface area contributed by atoms with E-state index in [-0.39, 0.29) is 17.2 Å². The maximum atomic E-state index is 12.0. The first-order valence-electron chi connectivity index (χ1n) is 5.19. The molecular weight excluding hydrogens is 210 g/mol. The Morgan fingerprint density at radius 3 is 3.00 bits per heavy atom. The molecule has 1 heterocycles. The fraction of sp³-hybridized carbons (Fsp3) is 0.800. The lowest BCUT2D eigenvalue weighted by molar-refractivity contribution is -0.133. The third-order valence-electron chi connectivity index (χ3n) is 2.83. The molecule has 0 aromatic heterocycles. The number of hydrogen-bond acceptors (Lipinski definition) is 4. The minimum Gasteiger partial charge on any atom is -0.320 e. The summed E-state index contributed by atoms with van der Waals surface area (Å²) in [5.41, 5.74) is 5.86. The van der Waals surface area contributed by atoms with Crippen LogP contribution < -0.4 is 5.73 Å². The molecule has 4 nitrogen and oxygen atoms in total. The number of carbonyl (C=O) groups is 1. The molecular formula is C10H17N3OS. The molecule has 1 aliphatic rings. The third kappa shape index (κ3) is 2.64. The van der Waals surface area contributed by atoms with Crippen LogP contribution in [-0.2, 0) is 4.79 Å². The number of nitrogens with two attached hydrogens (primary N) is 1. The van der Waals surface area contributed by atoms with Gasteiger partial charge in [-0.25, -0.2) is 0 Å². The predicted molar refractivity (Wildman–Crippen MR) is 61.0 cm³/mol. The van der Waals surface area contributed by atoms with Crippen molar-refractivity contribution in [1.82, 2.24) is 4.90 Å². The molecule has 1 saturated heterocycles. The average Bonchev–Trinajstić information content (AvgIpc) is 2.73. The number of carbonyl (C=O) groups excluding carboxylic acids is 1. The van der Waals surface area contributed by atoms with E-state index in [0.29, 0.717) is 6.54 Å². The molecule has 0 spiro atoms. The van der Waals surface area contributed by atoms with Gasteiger partial charge in [0.15, 0.2) is 5.37 Å². The Labute approximate surface area is 94.8 Å². The van der Waals surface area contributed by atoms with Crippen LogP contribution in [0.4, 0.5) is 0 Å². The summed E-state index contributed by atoms with van der Waals surface area (Å²) in [5.74, 6) is 0.917. The molecule has 2 N–H and O–H groups in total. The number of thioether (sulfide) groups is 1. The lowest BCUT2D eigenvalue weighted by Gasteiger charge is -2.25. The van der Waals surface area contributed by atoms with E-state index in [1.165, 1.54) is 11.8 Å². The molecule has 0 aromatic carbocycles. The monoisotopic (exact) mass is 227 g/mol. The Morgan fingerprint density at radius 2 is 2.47 bits per heavy atom. The minimum atomic E-state index is -0.468. The van der Waals surface area contributed by atoms with Crippen molar-refractivity contribution in [1.29, 1.82) is 5.26 Å². The fourth-order valence-electron chi connectivity index (χ4n) is 1.49. The topological polar surface area (TPSA) is 70.1 Å². The highest BCUT2D eigenvalue weighted by molar-refractivity contribution is 8.00. The van der Waals surface area contributed by atoms with Crippen molar-refractivity contribution in [2.24, 2.45) is 11.7 Å². The lowest BCUT2D eigenvalue weighted by atomic mass is 9.99. The van der Waals surface area contributed by atoms with Crippen molar-refractivity contribution in [3.63, 3.8) is 0 Å². The number of rotatable bonds is 3. The van der Waals surface area contributed by atoms with Crippen molar-refractivity contribution in [3.8, 4) is 6.07 Å². The number of amides is 1. The Kier molecular flexibility index (Phi) is 4.43. The predicted octanol–water partition coefficient (Wildman–Crippen LogP) is 0.785. The van der Waals surface area contributed by atoms with E-state index in [9.17, 15) is 4.79 Å². The molecule has 0 aliphatic carbocycles. The smallest absolute Gasteiger partial charge is 0.241 e. The molecule has 0 aromatic rings. The van der Waals surface area contributed by atoms with Crippen LogP contribution in [0.1, 0.15) is 20.3 Å². The number of nitriles is 1. The molecule has 1 amide bonds. The van der Waals surface area contributed by atoms with Crippen LogP contribution in [0.5, 0.6) is 0 Å². The van der Waals surface area contributed by atoms with Crippen molar-refractivity contribution in [2.45, 2.75) is 31.7 Å². The van der Waals surface area contributed by atoms with Crippen LogP contribution in [0.15, 0.2) is 0 Å². The second-order valence-electron chi connectivity index (χ2n) is 3.80. The standard InChI is InChI=1S/C10H17N3OS/c1-3-7(2)9(12)10(14)13-4-5-15-8(13)6-11/h7-9H,3-5,12H2,1-2H3/t7?,8-,9-/m0/s1. The van der Waals surface area contributed by atoms with Gasteiger partial charge in [-0.05, 0) is 5.92 Å². The first-order valence-corrected chi connectivity index (χ1v) is 6.24. The molecule has 0 radical (unpaired) electrons. The van der Waals surface area contributed by atoms with Gasteiger partial charge in [0.05, 0.1) is 12.1 Å². The van der Waals surface area contributed by atoms with Gasteiger partial charge in [-0.2, -0.15) is 5.26 Å². The lowest BCUT2D eigenvalue weighted by Crippen LogP contribution is -2.48. The Balaban J connectivity index is 2.64. The van der Waals surface area contributed by atoms with Crippen molar-refractivity contribution < 1.29 is 4.79 Å². The molecule has 5 heteroatoms. The summed E-state index contributed by atoms with van der Waals surface area (Å²) in [6, 6.07) is 1.65. The zero-order valence-electron chi connectivity index (χ0n) is 9.14. The maximum Gasteiger partial charge on any atom is 0.241 e. The first kappa shape index (κ1) is 12.3. The normalized spacial score (nSPS) is 24.7. The van der Waals surface area contributed by atoms with Crippen LogP contribution in [0.3, 0.4) is 0 Å². The van der Waals surface area contributed by atoms with Gasteiger partial charge < -0.3 is 10.6 Å². The molecule has 1 aliphatic heterocycles. The first-order chi connectivity index (χ1) is 7.11. The number of nitrogens with zero attached hydrogens (tertiary/aromatic N) is 2. The van der Waals surface area contributed by atoms with Gasteiger partial charge >= 0.3 is 0 Å². The van der Waals surface area contributed by atoms with Crippen LogP contribution in [0.2, 0.25) is 0 Å². The van der Waals surface area contributed by atoms with Crippen LogP contribution in [0.25, 0.3) is 0 Å². The average molecular weight is 227 g/mol. The van der Waals surface area contributed by atoms with Gasteiger partial charge in [0, 0.05) is 12.3 Å². The summed E-state index contributed by atoms with van der Waals surface area (Å²) in [6.07, 6.45) is 0.880. The van der Waals surface area contributed by atoms with Crippen molar-refractivity contribution in [2.75, 3.05) is 12.3 Å². The Hall–Kier alpha value is -0.730. The van der Waals surface area contributed by atoms with Crippen LogP contribution in [0, 0.1) is 17.2 Å². The van der Waals surface area contributed by atoms with Gasteiger partial charge in [0.25, 0.3) is 0 Å². The summed E-state index contributed by atoms with van der Waals surface area (Å²) < 4.78 is 0. The molecule has 1 unspecified atom stereocenters. The highest BCUT2D eigenvalue weighted by Crippen LogP contribution is 2.24. The summed E-state index contributed by atoms with van der Waals surface area (Å²) in [7, 11) is 0. The van der Waals surface area contributed by atoms with Gasteiger partial charge in [0.2, 0.25) is 5.91 Å². The summed E-state index contributed by atoms with van der Waals surface area (Å²) in [5, 5.41) is 8.52. The van der Waals surface area contributed by atoms with Gasteiger partial charge in [0.1, 0.15) is 0 Å². The molecule has 0 saturated carbocycles. The summed E-state index contributed by atoms with van der Waals surface area (Å²) >= 11 is 1.50. The molecule has 3 atom stereocenters. The van der Waals surface area contributed by atoms with E-state index < -0.39 is 6.04 Å². The Morgan fingerprint density at radius 1 is 1.80 bits per heavy atom. The second kappa shape index (κ2) is 5.38. The molecule has 15 heavy (non-hydrogen) atoms. The van der Waals surface area contributed by atoms with E-state index >= 15 is 0 Å². The highest BCUT2D eigenvalue weighted by Gasteiger charge is 2.33. The third-order valence-corrected chi connectivity index (χ3v) is 3.92. The maximum absolute atomic E-state index is 12.0. The summed E-state index contributed by atoms with van der Waals surface area (Å²) in [4.78, 5) is 13.6. The van der Waals surface area contributed by atoms with E-state index in [4.69, 9.17) is 11.0 Å². The van der Waals surface area contributed by atoms with Crippen molar-refractivity contribution in [3.05, 3.63) is 0 Å². The van der Waals surface area contributed by atoms with Crippen molar-refractivity contribution >= 4 is 17.7 Å². The molecule has 0 bridgehead atoms. The highest BCUT2D eigenvalue weighted by atomic mass is 32.2. The van der Waals surface area contributed by atoms with Gasteiger partial charge in [-0.3, -0.25) is 4.79 Å². The number of hydrogen-bond donors (Lipinski definition) is 1. The SMILES string of the molecule is CCC(C)[C@H](N)C(=O)N1CCS[C@H]1C#N. The largest absolute Gasteiger partial charge is 0.320 e. The minimum absolute atomic E-state index is 0.0825. The molecule has 1 rings (SSSR count). The zero-order valence-corrected chi connectivity index (χ0v) is 9.96. The van der Waals surface area contributed by atoms with E-state index in [0.717, 1.165) is 12.2 Å². The molecule has 1 fully saturated rings. The summed E-state index contributed by atoms with van der Waals surface area (Å²) in [6.45, 7) is 4.62. The van der Waals surface area contributed by atoms with Crippen LogP contribution >= 0.6 is 11.8 Å². The van der Waals surface area contributed by atoms with E-state index in [1.54, 1.807) is 4.90 Å². The van der Waals surface area contributed by atoms with Gasteiger partial charge in [-0.15, -0.1) is 11.8 Å². The van der Waals surface area contributed by atoms with E-state index in [1.807, 2.05) is 13.8 Å². The van der Waals surface area contributed by atoms with Crippen LogP contribution in [-0.4, -0.2) is 34.5 Å². The van der Waals surface area contributed by atoms with Gasteiger partial charge in [-0.1, -0.05) is 20.3 Å². The van der Waals surface area contributed by atoms with E-state index in [2.05, 4.69) is 6.07 Å². The molecule has 84 valence electrons. The fourth-order valence-corrected chi connectivity index (χ4v) is 2.48. The second-order valence-corrected chi connectivity index (χ2v) is 4.98. The Bertz CT molecular complexity index is 276.